The van der Waals surface area contributed by atoms with E-state index in [1.165, 1.54) is 26.8 Å². The molecular weight excluding hydrogens is 204 g/mol. The van der Waals surface area contributed by atoms with Crippen molar-refractivity contribution in [3.05, 3.63) is 71.1 Å². The van der Waals surface area contributed by atoms with Crippen LogP contribution in [0.1, 0.15) is 5.56 Å². The van der Waals surface area contributed by atoms with E-state index in [2.05, 4.69) is 61.2 Å². The van der Waals surface area contributed by atoms with Crippen LogP contribution in [0.15, 0.2) is 55.1 Å². The van der Waals surface area contributed by atoms with Gasteiger partial charge in [-0.25, -0.2) is 0 Å². The van der Waals surface area contributed by atoms with Crippen LogP contribution in [-0.4, -0.2) is 0 Å². The molecule has 0 bridgehead atoms. The molecule has 0 fully saturated rings. The molecule has 0 aromatic heterocycles. The van der Waals surface area contributed by atoms with E-state index < -0.39 is 0 Å². The van der Waals surface area contributed by atoms with Crippen LogP contribution in [0.2, 0.25) is 0 Å². The lowest BCUT2D eigenvalue weighted by atomic mass is 9.95. The fourth-order valence-corrected chi connectivity index (χ4v) is 2.50. The van der Waals surface area contributed by atoms with Crippen LogP contribution in [0.5, 0.6) is 0 Å². The highest BCUT2D eigenvalue weighted by atomic mass is 14.1. The lowest BCUT2D eigenvalue weighted by molar-refractivity contribution is 1.25. The predicted octanol–water partition coefficient (Wildman–Crippen LogP) is 2.70. The molecule has 0 saturated carbocycles. The first-order valence-corrected chi connectivity index (χ1v) is 5.90. The molecule has 2 aromatic carbocycles. The van der Waals surface area contributed by atoms with Gasteiger partial charge >= 0.3 is 0 Å². The normalized spacial score (nSPS) is 14.5. The molecule has 2 aromatic rings. The van der Waals surface area contributed by atoms with E-state index in [0.29, 0.717) is 0 Å². The summed E-state index contributed by atoms with van der Waals surface area (Å²) in [6, 6.07) is 10.8. The van der Waals surface area contributed by atoms with Gasteiger partial charge in [0.1, 0.15) is 0 Å². The molecule has 82 valence electrons. The number of hydrogen-bond donors (Lipinski definition) is 0. The van der Waals surface area contributed by atoms with Crippen molar-refractivity contribution in [2.75, 3.05) is 0 Å². The van der Waals surface area contributed by atoms with E-state index in [9.17, 15) is 0 Å². The monoisotopic (exact) mass is 218 g/mol. The zero-order chi connectivity index (χ0) is 11.7. The Kier molecular flexibility index (Phi) is 2.41. The van der Waals surface area contributed by atoms with Crippen LogP contribution >= 0.6 is 0 Å². The molecule has 0 nitrogen and oxygen atoms in total. The van der Waals surface area contributed by atoms with E-state index >= 15 is 0 Å². The molecule has 0 amide bonds. The molecule has 0 aliphatic heterocycles. The van der Waals surface area contributed by atoms with Crippen molar-refractivity contribution in [3.8, 4) is 0 Å². The lowest BCUT2D eigenvalue weighted by Gasteiger charge is -2.09. The van der Waals surface area contributed by atoms with Gasteiger partial charge in [-0.05, 0) is 33.2 Å². The molecule has 17 heavy (non-hydrogen) atoms. The highest BCUT2D eigenvalue weighted by molar-refractivity contribution is 5.88. The van der Waals surface area contributed by atoms with Gasteiger partial charge < -0.3 is 0 Å². The van der Waals surface area contributed by atoms with E-state index in [0.717, 1.165) is 6.42 Å². The minimum Gasteiger partial charge on any atom is -0.0990 e. The highest BCUT2D eigenvalue weighted by Crippen LogP contribution is 2.14. The number of allylic oxidation sites excluding steroid dienone is 3. The van der Waals surface area contributed by atoms with Gasteiger partial charge in [-0.1, -0.05) is 67.3 Å². The molecule has 0 radical (unpaired) electrons. The Labute approximate surface area is 101 Å². The Morgan fingerprint density at radius 3 is 2.94 bits per heavy atom. The quantitative estimate of drug-likeness (QED) is 0.690. The summed E-state index contributed by atoms with van der Waals surface area (Å²) in [7, 11) is 0. The van der Waals surface area contributed by atoms with Crippen molar-refractivity contribution >= 4 is 22.9 Å². The molecule has 0 saturated heterocycles. The molecule has 1 aliphatic carbocycles. The minimum atomic E-state index is 1.02. The van der Waals surface area contributed by atoms with Crippen LogP contribution in [-0.2, 0) is 6.42 Å². The number of hydrogen-bond acceptors (Lipinski definition) is 0. The second-order valence-corrected chi connectivity index (χ2v) is 4.28. The van der Waals surface area contributed by atoms with E-state index in [-0.39, 0.29) is 0 Å². The predicted molar refractivity (Wildman–Crippen MR) is 75.2 cm³/mol. The second kappa shape index (κ2) is 4.06. The molecule has 3 rings (SSSR count). The van der Waals surface area contributed by atoms with Crippen molar-refractivity contribution < 1.29 is 0 Å². The average molecular weight is 218 g/mol. The molecule has 0 unspecified atom stereocenters. The topological polar surface area (TPSA) is 0 Å². The van der Waals surface area contributed by atoms with Crippen LogP contribution in [0.4, 0.5) is 0 Å². The van der Waals surface area contributed by atoms with Crippen LogP contribution in [0.25, 0.3) is 22.9 Å². The third-order valence-electron chi connectivity index (χ3n) is 3.25. The van der Waals surface area contributed by atoms with E-state index in [1.807, 2.05) is 6.08 Å². The van der Waals surface area contributed by atoms with Gasteiger partial charge in [-0.15, -0.1) is 0 Å². The zero-order valence-corrected chi connectivity index (χ0v) is 9.69. The summed E-state index contributed by atoms with van der Waals surface area (Å²) in [6.07, 6.45) is 11.5. The minimum absolute atomic E-state index is 1.02. The largest absolute Gasteiger partial charge is 0.0990 e. The molecule has 1 aliphatic rings. The van der Waals surface area contributed by atoms with Gasteiger partial charge in [0.25, 0.3) is 0 Å². The van der Waals surface area contributed by atoms with Crippen LogP contribution in [0, 0.1) is 0 Å². The summed E-state index contributed by atoms with van der Waals surface area (Å²) in [5, 5.41) is 5.27. The van der Waals surface area contributed by atoms with Gasteiger partial charge in [0.15, 0.2) is 0 Å². The van der Waals surface area contributed by atoms with E-state index in [4.69, 9.17) is 0 Å². The second-order valence-electron chi connectivity index (χ2n) is 4.28. The van der Waals surface area contributed by atoms with Gasteiger partial charge in [0.05, 0.1) is 0 Å². The lowest BCUT2D eigenvalue weighted by Crippen LogP contribution is -2.15. The summed E-state index contributed by atoms with van der Waals surface area (Å²) in [4.78, 5) is 0. The summed E-state index contributed by atoms with van der Waals surface area (Å²) >= 11 is 0. The first-order chi connectivity index (χ1) is 8.40. The first-order valence-electron chi connectivity index (χ1n) is 5.90. The van der Waals surface area contributed by atoms with Gasteiger partial charge in [0, 0.05) is 0 Å². The molecule has 0 spiro atoms. The van der Waals surface area contributed by atoms with E-state index in [1.54, 1.807) is 0 Å². The Morgan fingerprint density at radius 1 is 1.12 bits per heavy atom. The highest BCUT2D eigenvalue weighted by Gasteiger charge is 2.04. The molecule has 0 atom stereocenters. The maximum Gasteiger partial charge on any atom is -0.00702 e. The van der Waals surface area contributed by atoms with Crippen molar-refractivity contribution in [2.45, 2.75) is 6.42 Å². The molecule has 0 heteroatoms. The Hall–Kier alpha value is -2.08. The van der Waals surface area contributed by atoms with Crippen LogP contribution < -0.4 is 10.4 Å². The summed E-state index contributed by atoms with van der Waals surface area (Å²) in [6.45, 7) is 3.80. The number of rotatable bonds is 1. The molecule has 0 heterocycles. The van der Waals surface area contributed by atoms with Gasteiger partial charge in [0.2, 0.25) is 0 Å². The zero-order valence-electron chi connectivity index (χ0n) is 9.69. The first kappa shape index (κ1) is 10.1. The smallest absolute Gasteiger partial charge is 0.00702 e. The summed E-state index contributed by atoms with van der Waals surface area (Å²) in [5.74, 6) is 0. The van der Waals surface area contributed by atoms with Gasteiger partial charge in [-0.2, -0.15) is 0 Å². The summed E-state index contributed by atoms with van der Waals surface area (Å²) in [5.41, 5.74) is 1.43. The van der Waals surface area contributed by atoms with Gasteiger partial charge in [-0.3, -0.25) is 0 Å². The number of fused-ring (bicyclic) bond motifs is 3. The fraction of sp³-hybridized carbons (Fsp3) is 0.0588. The maximum atomic E-state index is 3.80. The van der Waals surface area contributed by atoms with Crippen molar-refractivity contribution in [1.82, 2.24) is 0 Å². The van der Waals surface area contributed by atoms with Crippen molar-refractivity contribution in [1.29, 1.82) is 0 Å². The maximum absolute atomic E-state index is 3.80. The molecular formula is C17H14. The molecule has 0 N–H and O–H groups in total. The Bertz CT molecular complexity index is 730. The van der Waals surface area contributed by atoms with Crippen molar-refractivity contribution in [3.63, 3.8) is 0 Å². The SMILES string of the molecule is C=C/C=c1/cccc2ccc3c(c12)CC=CC=3. The Morgan fingerprint density at radius 2 is 2.06 bits per heavy atom. The summed E-state index contributed by atoms with van der Waals surface area (Å²) < 4.78 is 0. The third-order valence-corrected chi connectivity index (χ3v) is 3.25. The van der Waals surface area contributed by atoms with Crippen LogP contribution in [0.3, 0.4) is 0 Å². The van der Waals surface area contributed by atoms with Crippen molar-refractivity contribution in [2.24, 2.45) is 0 Å². The average Bonchev–Trinajstić information content (AvgIpc) is 2.39. The fourth-order valence-electron chi connectivity index (χ4n) is 2.50. The Balaban J connectivity index is 2.55. The number of benzene rings is 2. The standard InChI is InChI=1S/C17H14/c1-2-6-14-8-5-9-15-12-11-13-7-3-4-10-16(13)17(14)15/h2-9,11-12H,1,10H2/b14-6-. The third kappa shape index (κ3) is 1.62.